The van der Waals surface area contributed by atoms with E-state index in [2.05, 4.69) is 0 Å². The fourth-order valence-corrected chi connectivity index (χ4v) is 1.40. The third-order valence-electron chi connectivity index (χ3n) is 2.70. The quantitative estimate of drug-likeness (QED) is 0.889. The van der Waals surface area contributed by atoms with Crippen molar-refractivity contribution in [2.45, 2.75) is 39.6 Å². The van der Waals surface area contributed by atoms with Gasteiger partial charge in [0.1, 0.15) is 5.69 Å². The number of alkyl halides is 3. The standard InChI is InChI=1S/C12H16F3NO2/c1-11(2,3)9(17)7-16-8(12(13,14)15)5-4-6-10(16)18/h4-6,9,17H,7H2,1-3H3. The SMILES string of the molecule is CC(C)(C)C(O)Cn1c(C(F)(F)F)cccc1=O. The van der Waals surface area contributed by atoms with Crippen LogP contribution in [0.25, 0.3) is 0 Å². The van der Waals surface area contributed by atoms with Gasteiger partial charge in [0.2, 0.25) is 0 Å². The highest BCUT2D eigenvalue weighted by Crippen LogP contribution is 2.29. The molecule has 0 bridgehead atoms. The number of aliphatic hydroxyl groups excluding tert-OH is 1. The summed E-state index contributed by atoms with van der Waals surface area (Å²) in [5, 5.41) is 9.83. The second-order valence-electron chi connectivity index (χ2n) is 5.24. The van der Waals surface area contributed by atoms with E-state index in [0.717, 1.165) is 18.2 Å². The van der Waals surface area contributed by atoms with Gasteiger partial charge in [-0.1, -0.05) is 26.8 Å². The molecule has 6 heteroatoms. The van der Waals surface area contributed by atoms with Gasteiger partial charge in [-0.05, 0) is 11.5 Å². The molecule has 1 aromatic rings. The Morgan fingerprint density at radius 2 is 1.83 bits per heavy atom. The number of hydrogen-bond donors (Lipinski definition) is 1. The summed E-state index contributed by atoms with van der Waals surface area (Å²) in [6, 6.07) is 2.94. The summed E-state index contributed by atoms with van der Waals surface area (Å²) in [7, 11) is 0. The molecule has 0 amide bonds. The lowest BCUT2D eigenvalue weighted by atomic mass is 9.89. The Balaban J connectivity index is 3.21. The molecule has 0 saturated heterocycles. The van der Waals surface area contributed by atoms with Crippen LogP contribution in [-0.4, -0.2) is 15.8 Å². The zero-order chi connectivity index (χ0) is 14.1. The van der Waals surface area contributed by atoms with E-state index in [9.17, 15) is 23.1 Å². The van der Waals surface area contributed by atoms with Crippen molar-refractivity contribution >= 4 is 0 Å². The Labute approximate surface area is 103 Å². The highest BCUT2D eigenvalue weighted by molar-refractivity contribution is 5.10. The molecule has 1 rings (SSSR count). The van der Waals surface area contributed by atoms with Crippen LogP contribution in [0.5, 0.6) is 0 Å². The van der Waals surface area contributed by atoms with Gasteiger partial charge in [-0.25, -0.2) is 0 Å². The van der Waals surface area contributed by atoms with Crippen LogP contribution in [0.1, 0.15) is 26.5 Å². The first-order valence-electron chi connectivity index (χ1n) is 5.48. The summed E-state index contributed by atoms with van der Waals surface area (Å²) >= 11 is 0. The van der Waals surface area contributed by atoms with Crippen molar-refractivity contribution in [3.8, 4) is 0 Å². The fraction of sp³-hybridized carbons (Fsp3) is 0.583. The van der Waals surface area contributed by atoms with Crippen molar-refractivity contribution in [3.05, 3.63) is 34.2 Å². The first-order chi connectivity index (χ1) is 8.03. The van der Waals surface area contributed by atoms with Gasteiger partial charge in [-0.2, -0.15) is 13.2 Å². The van der Waals surface area contributed by atoms with Crippen molar-refractivity contribution in [3.63, 3.8) is 0 Å². The Bertz CT molecular complexity index is 471. The zero-order valence-corrected chi connectivity index (χ0v) is 10.5. The highest BCUT2D eigenvalue weighted by Gasteiger charge is 2.35. The lowest BCUT2D eigenvalue weighted by Crippen LogP contribution is -2.37. The van der Waals surface area contributed by atoms with Gasteiger partial charge >= 0.3 is 6.18 Å². The maximum absolute atomic E-state index is 12.7. The average Bonchev–Trinajstić information content (AvgIpc) is 2.17. The molecule has 0 fully saturated rings. The molecule has 0 radical (unpaired) electrons. The molecular formula is C12H16F3NO2. The number of halogens is 3. The molecule has 1 unspecified atom stereocenters. The van der Waals surface area contributed by atoms with Gasteiger partial charge in [0.25, 0.3) is 5.56 Å². The topological polar surface area (TPSA) is 42.2 Å². The largest absolute Gasteiger partial charge is 0.431 e. The predicted molar refractivity (Wildman–Crippen MR) is 61.2 cm³/mol. The number of pyridine rings is 1. The molecule has 18 heavy (non-hydrogen) atoms. The Kier molecular flexibility index (Phi) is 3.90. The average molecular weight is 263 g/mol. The monoisotopic (exact) mass is 263 g/mol. The fourth-order valence-electron chi connectivity index (χ4n) is 1.40. The maximum Gasteiger partial charge on any atom is 0.431 e. The molecule has 3 nitrogen and oxygen atoms in total. The van der Waals surface area contributed by atoms with Crippen LogP contribution < -0.4 is 5.56 Å². The molecule has 1 N–H and O–H groups in total. The molecule has 0 aliphatic heterocycles. The molecule has 102 valence electrons. The lowest BCUT2D eigenvalue weighted by Gasteiger charge is -2.27. The maximum atomic E-state index is 12.7. The van der Waals surface area contributed by atoms with Crippen molar-refractivity contribution in [2.75, 3.05) is 0 Å². The second kappa shape index (κ2) is 4.76. The number of aliphatic hydroxyl groups is 1. The zero-order valence-electron chi connectivity index (χ0n) is 10.5. The first kappa shape index (κ1) is 14.8. The smallest absolute Gasteiger partial charge is 0.391 e. The van der Waals surface area contributed by atoms with Gasteiger partial charge in [-0.3, -0.25) is 4.79 Å². The predicted octanol–water partition coefficient (Wildman–Crippen LogP) is 2.27. The molecule has 1 heterocycles. The number of rotatable bonds is 2. The molecule has 1 aromatic heterocycles. The van der Waals surface area contributed by atoms with Gasteiger partial charge in [-0.15, -0.1) is 0 Å². The molecule has 0 spiro atoms. The summed E-state index contributed by atoms with van der Waals surface area (Å²) in [6.45, 7) is 4.70. The van der Waals surface area contributed by atoms with E-state index in [4.69, 9.17) is 0 Å². The normalized spacial score (nSPS) is 14.6. The third kappa shape index (κ3) is 3.35. The lowest BCUT2D eigenvalue weighted by molar-refractivity contribution is -0.145. The molecule has 0 saturated carbocycles. The van der Waals surface area contributed by atoms with E-state index in [1.165, 1.54) is 0 Å². The third-order valence-corrected chi connectivity index (χ3v) is 2.70. The number of hydrogen-bond acceptors (Lipinski definition) is 2. The van der Waals surface area contributed by atoms with E-state index in [0.29, 0.717) is 4.57 Å². The van der Waals surface area contributed by atoms with Crippen LogP contribution >= 0.6 is 0 Å². The van der Waals surface area contributed by atoms with Crippen molar-refractivity contribution in [2.24, 2.45) is 5.41 Å². The minimum absolute atomic E-state index is 0.377. The van der Waals surface area contributed by atoms with Gasteiger partial charge < -0.3 is 9.67 Å². The van der Waals surface area contributed by atoms with Gasteiger partial charge in [0.05, 0.1) is 12.6 Å². The van der Waals surface area contributed by atoms with Crippen LogP contribution in [0.4, 0.5) is 13.2 Å². The molecule has 0 aromatic carbocycles. The number of aromatic nitrogens is 1. The summed E-state index contributed by atoms with van der Waals surface area (Å²) in [5.74, 6) is 0. The Morgan fingerprint density at radius 1 is 1.28 bits per heavy atom. The summed E-state index contributed by atoms with van der Waals surface area (Å²) in [4.78, 5) is 11.5. The van der Waals surface area contributed by atoms with Gasteiger partial charge in [0.15, 0.2) is 0 Å². The van der Waals surface area contributed by atoms with E-state index >= 15 is 0 Å². The van der Waals surface area contributed by atoms with E-state index in [-0.39, 0.29) is 6.54 Å². The molecule has 0 aliphatic carbocycles. The van der Waals surface area contributed by atoms with Crippen molar-refractivity contribution in [1.29, 1.82) is 0 Å². The van der Waals surface area contributed by atoms with Crippen molar-refractivity contribution < 1.29 is 18.3 Å². The second-order valence-corrected chi connectivity index (χ2v) is 5.24. The van der Waals surface area contributed by atoms with Crippen LogP contribution in [0, 0.1) is 5.41 Å². The van der Waals surface area contributed by atoms with Crippen LogP contribution in [0.15, 0.2) is 23.0 Å². The molecular weight excluding hydrogens is 247 g/mol. The van der Waals surface area contributed by atoms with Gasteiger partial charge in [0, 0.05) is 6.07 Å². The summed E-state index contributed by atoms with van der Waals surface area (Å²) in [5.41, 5.74) is -2.41. The minimum Gasteiger partial charge on any atom is -0.391 e. The van der Waals surface area contributed by atoms with E-state index in [1.807, 2.05) is 0 Å². The first-order valence-corrected chi connectivity index (χ1v) is 5.48. The Hall–Kier alpha value is -1.30. The van der Waals surface area contributed by atoms with E-state index in [1.54, 1.807) is 20.8 Å². The summed E-state index contributed by atoms with van der Waals surface area (Å²) in [6.07, 6.45) is -5.66. The van der Waals surface area contributed by atoms with Crippen LogP contribution in [0.3, 0.4) is 0 Å². The minimum atomic E-state index is -4.61. The molecule has 1 atom stereocenters. The molecule has 0 aliphatic rings. The number of nitrogens with zero attached hydrogens (tertiary/aromatic N) is 1. The Morgan fingerprint density at radius 3 is 2.28 bits per heavy atom. The summed E-state index contributed by atoms with van der Waals surface area (Å²) < 4.78 is 38.8. The highest BCUT2D eigenvalue weighted by atomic mass is 19.4. The van der Waals surface area contributed by atoms with Crippen molar-refractivity contribution in [1.82, 2.24) is 4.57 Å². The van der Waals surface area contributed by atoms with Crippen LogP contribution in [0.2, 0.25) is 0 Å². The van der Waals surface area contributed by atoms with Crippen LogP contribution in [-0.2, 0) is 12.7 Å². The van der Waals surface area contributed by atoms with E-state index < -0.39 is 28.9 Å².